The highest BCUT2D eigenvalue weighted by Crippen LogP contribution is 2.33. The van der Waals surface area contributed by atoms with Gasteiger partial charge in [-0.15, -0.1) is 0 Å². The molecule has 0 unspecified atom stereocenters. The molecular weight excluding hydrogens is 270 g/mol. The molecule has 0 aromatic heterocycles. The van der Waals surface area contributed by atoms with Gasteiger partial charge in [-0.2, -0.15) is 5.01 Å². The number of anilines is 2. The molecule has 0 spiro atoms. The lowest BCUT2D eigenvalue weighted by Crippen LogP contribution is -2.46. The van der Waals surface area contributed by atoms with Crippen LogP contribution in [0.15, 0.2) is 60.7 Å². The van der Waals surface area contributed by atoms with Gasteiger partial charge in [-0.25, -0.2) is 10.1 Å². The van der Waals surface area contributed by atoms with E-state index in [0.717, 1.165) is 5.56 Å². The molecule has 1 aliphatic rings. The van der Waals surface area contributed by atoms with Crippen LogP contribution >= 0.6 is 0 Å². The first-order valence-electron chi connectivity index (χ1n) is 6.29. The fourth-order valence-electron chi connectivity index (χ4n) is 2.22. The highest BCUT2D eigenvalue weighted by atomic mass is 16.7. The van der Waals surface area contributed by atoms with Crippen LogP contribution in [0.5, 0.6) is 0 Å². The summed E-state index contributed by atoms with van der Waals surface area (Å²) in [5.74, 6) is -0.708. The van der Waals surface area contributed by atoms with E-state index in [1.807, 2.05) is 12.1 Å². The van der Waals surface area contributed by atoms with Crippen LogP contribution in [0.1, 0.15) is 5.56 Å². The predicted octanol–water partition coefficient (Wildman–Crippen LogP) is 2.79. The standard InChI is InChI=1S/C15H11N3O3/c19-15-11-10-12-6-4-5-9-14(12)16(17(15)18(20)21)13-7-2-1-3-8-13/h1-11H. The number of hydrogen-bond donors (Lipinski definition) is 0. The number of hydrogen-bond acceptors (Lipinski definition) is 4. The second-order valence-electron chi connectivity index (χ2n) is 4.41. The number of nitro groups is 1. The van der Waals surface area contributed by atoms with Crippen LogP contribution in [0.3, 0.4) is 0 Å². The smallest absolute Gasteiger partial charge is 0.261 e. The van der Waals surface area contributed by atoms with Crippen LogP contribution in [0.4, 0.5) is 11.4 Å². The van der Waals surface area contributed by atoms with Gasteiger partial charge in [0.15, 0.2) is 5.03 Å². The van der Waals surface area contributed by atoms with Crippen molar-refractivity contribution in [1.29, 1.82) is 0 Å². The Morgan fingerprint density at radius 2 is 1.57 bits per heavy atom. The normalized spacial score (nSPS) is 13.8. The number of amides is 1. The van der Waals surface area contributed by atoms with Crippen LogP contribution in [-0.2, 0) is 4.79 Å². The topological polar surface area (TPSA) is 66.7 Å². The van der Waals surface area contributed by atoms with Gasteiger partial charge in [0.25, 0.3) is 0 Å². The van der Waals surface area contributed by atoms with E-state index in [9.17, 15) is 14.9 Å². The molecule has 6 heteroatoms. The lowest BCUT2D eigenvalue weighted by atomic mass is 10.1. The molecule has 1 heterocycles. The average Bonchev–Trinajstić information content (AvgIpc) is 2.65. The zero-order valence-corrected chi connectivity index (χ0v) is 10.9. The average molecular weight is 281 g/mol. The molecule has 0 radical (unpaired) electrons. The van der Waals surface area contributed by atoms with E-state index in [1.165, 1.54) is 11.1 Å². The first-order chi connectivity index (χ1) is 10.2. The van der Waals surface area contributed by atoms with Gasteiger partial charge in [-0.3, -0.25) is 4.79 Å². The summed E-state index contributed by atoms with van der Waals surface area (Å²) in [5, 5.41) is 12.4. The zero-order chi connectivity index (χ0) is 14.8. The lowest BCUT2D eigenvalue weighted by molar-refractivity contribution is -0.634. The van der Waals surface area contributed by atoms with Gasteiger partial charge in [0.2, 0.25) is 0 Å². The number of fused-ring (bicyclic) bond motifs is 1. The summed E-state index contributed by atoms with van der Waals surface area (Å²) in [5.41, 5.74) is 1.85. The Morgan fingerprint density at radius 1 is 0.905 bits per heavy atom. The summed E-state index contributed by atoms with van der Waals surface area (Å²) in [6, 6.07) is 15.9. The molecule has 1 aliphatic heterocycles. The molecule has 0 fully saturated rings. The van der Waals surface area contributed by atoms with E-state index >= 15 is 0 Å². The van der Waals surface area contributed by atoms with Gasteiger partial charge < -0.3 is 0 Å². The minimum atomic E-state index is -0.720. The van der Waals surface area contributed by atoms with E-state index in [1.54, 1.807) is 48.5 Å². The number of hydrazine groups is 2. The second-order valence-corrected chi connectivity index (χ2v) is 4.41. The fourth-order valence-corrected chi connectivity index (χ4v) is 2.22. The molecule has 6 nitrogen and oxygen atoms in total. The van der Waals surface area contributed by atoms with Gasteiger partial charge >= 0.3 is 5.91 Å². The van der Waals surface area contributed by atoms with Crippen molar-refractivity contribution >= 4 is 23.4 Å². The molecule has 1 amide bonds. The number of rotatable bonds is 2. The minimum Gasteiger partial charge on any atom is -0.261 e. The molecule has 0 N–H and O–H groups in total. The quantitative estimate of drug-likeness (QED) is 0.627. The molecule has 0 atom stereocenters. The van der Waals surface area contributed by atoms with Crippen molar-refractivity contribution in [1.82, 2.24) is 5.12 Å². The monoisotopic (exact) mass is 281 g/mol. The number of benzene rings is 2. The third kappa shape index (κ3) is 2.23. The van der Waals surface area contributed by atoms with Gasteiger partial charge in [0.05, 0.1) is 16.5 Å². The van der Waals surface area contributed by atoms with E-state index in [0.29, 0.717) is 16.5 Å². The highest BCUT2D eigenvalue weighted by Gasteiger charge is 2.34. The van der Waals surface area contributed by atoms with E-state index in [2.05, 4.69) is 0 Å². The van der Waals surface area contributed by atoms with Crippen LogP contribution in [0.2, 0.25) is 0 Å². The number of nitrogens with zero attached hydrogens (tertiary/aromatic N) is 3. The van der Waals surface area contributed by atoms with Crippen molar-refractivity contribution in [3.63, 3.8) is 0 Å². The second kappa shape index (κ2) is 5.09. The molecule has 0 saturated heterocycles. The maximum absolute atomic E-state index is 12.1. The molecule has 0 bridgehead atoms. The molecule has 2 aromatic carbocycles. The first-order valence-corrected chi connectivity index (χ1v) is 6.29. The summed E-state index contributed by atoms with van der Waals surface area (Å²) >= 11 is 0. The maximum atomic E-state index is 12.1. The maximum Gasteiger partial charge on any atom is 0.332 e. The van der Waals surface area contributed by atoms with Crippen molar-refractivity contribution in [2.24, 2.45) is 0 Å². The molecule has 0 saturated carbocycles. The summed E-state index contributed by atoms with van der Waals surface area (Å²) < 4.78 is 0. The molecule has 104 valence electrons. The predicted molar refractivity (Wildman–Crippen MR) is 77.9 cm³/mol. The lowest BCUT2D eigenvalue weighted by Gasteiger charge is -2.27. The van der Waals surface area contributed by atoms with Crippen LogP contribution in [0, 0.1) is 10.1 Å². The van der Waals surface area contributed by atoms with E-state index in [4.69, 9.17) is 0 Å². The Hall–Kier alpha value is -3.15. The summed E-state index contributed by atoms with van der Waals surface area (Å²) in [7, 11) is 0. The molecule has 3 rings (SSSR count). The third-order valence-electron chi connectivity index (χ3n) is 3.11. The van der Waals surface area contributed by atoms with Gasteiger partial charge in [0, 0.05) is 11.6 Å². The Labute approximate surface area is 120 Å². The molecule has 21 heavy (non-hydrogen) atoms. The number of para-hydroxylation sites is 2. The van der Waals surface area contributed by atoms with Crippen molar-refractivity contribution < 1.29 is 9.83 Å². The van der Waals surface area contributed by atoms with Gasteiger partial charge in [-0.1, -0.05) is 36.4 Å². The van der Waals surface area contributed by atoms with Crippen molar-refractivity contribution in [2.75, 3.05) is 5.01 Å². The zero-order valence-electron chi connectivity index (χ0n) is 10.9. The van der Waals surface area contributed by atoms with E-state index < -0.39 is 10.9 Å². The molecule has 0 aliphatic carbocycles. The highest BCUT2D eigenvalue weighted by molar-refractivity contribution is 5.96. The first kappa shape index (κ1) is 12.9. The van der Waals surface area contributed by atoms with Gasteiger partial charge in [0.1, 0.15) is 0 Å². The number of carbonyl (C=O) groups excluding carboxylic acids is 1. The Kier molecular flexibility index (Phi) is 3.12. The molecule has 2 aromatic rings. The third-order valence-corrected chi connectivity index (χ3v) is 3.11. The van der Waals surface area contributed by atoms with Crippen LogP contribution in [0.25, 0.3) is 6.08 Å². The Morgan fingerprint density at radius 3 is 2.29 bits per heavy atom. The largest absolute Gasteiger partial charge is 0.332 e. The summed E-state index contributed by atoms with van der Waals surface area (Å²) in [4.78, 5) is 23.4. The van der Waals surface area contributed by atoms with E-state index in [-0.39, 0.29) is 0 Å². The summed E-state index contributed by atoms with van der Waals surface area (Å²) in [6.07, 6.45) is 2.78. The van der Waals surface area contributed by atoms with Gasteiger partial charge in [-0.05, 0) is 24.3 Å². The van der Waals surface area contributed by atoms with Crippen molar-refractivity contribution in [3.05, 3.63) is 76.4 Å². The molecular formula is C15H11N3O3. The van der Waals surface area contributed by atoms with Crippen molar-refractivity contribution in [3.8, 4) is 0 Å². The fraction of sp³-hybridized carbons (Fsp3) is 0. The van der Waals surface area contributed by atoms with Crippen LogP contribution < -0.4 is 5.01 Å². The van der Waals surface area contributed by atoms with Crippen molar-refractivity contribution in [2.45, 2.75) is 0 Å². The number of carbonyl (C=O) groups is 1. The van der Waals surface area contributed by atoms with Crippen LogP contribution in [-0.4, -0.2) is 16.1 Å². The minimum absolute atomic E-state index is 0.512. The SMILES string of the molecule is O=C1C=Cc2ccccc2N(c2ccccc2)N1[N+](=O)[O-]. The Bertz CT molecular complexity index is 728. The summed E-state index contributed by atoms with van der Waals surface area (Å²) in [6.45, 7) is 0. The Balaban J connectivity index is 2.24.